The van der Waals surface area contributed by atoms with E-state index >= 15 is 0 Å². The molecule has 0 bridgehead atoms. The average molecular weight is 595 g/mol. The second-order valence-electron chi connectivity index (χ2n) is 10.7. The molecular formula is C28H33F3N4O5S. The van der Waals surface area contributed by atoms with Crippen LogP contribution in [-0.2, 0) is 32.6 Å². The van der Waals surface area contributed by atoms with Gasteiger partial charge in [-0.25, -0.2) is 8.42 Å². The summed E-state index contributed by atoms with van der Waals surface area (Å²) in [6.45, 7) is 0.754. The Bertz CT molecular complexity index is 1380. The first kappa shape index (κ1) is 29.3. The van der Waals surface area contributed by atoms with Crippen molar-refractivity contribution in [3.8, 4) is 5.75 Å². The molecule has 2 amide bonds. The van der Waals surface area contributed by atoms with Gasteiger partial charge in [0, 0.05) is 25.7 Å². The van der Waals surface area contributed by atoms with Gasteiger partial charge < -0.3 is 20.7 Å². The molecule has 0 aromatic heterocycles. The quantitative estimate of drug-likeness (QED) is 0.410. The van der Waals surface area contributed by atoms with Crippen LogP contribution in [0.2, 0.25) is 0 Å². The first-order valence-corrected chi connectivity index (χ1v) is 15.2. The summed E-state index contributed by atoms with van der Waals surface area (Å²) >= 11 is 0. The predicted molar refractivity (Wildman–Crippen MR) is 143 cm³/mol. The molecule has 222 valence electrons. The van der Waals surface area contributed by atoms with Gasteiger partial charge >= 0.3 is 6.36 Å². The van der Waals surface area contributed by atoms with Gasteiger partial charge in [0.15, 0.2) is 0 Å². The summed E-state index contributed by atoms with van der Waals surface area (Å²) in [5, 5.41) is 9.16. The number of hydrogen-bond acceptors (Lipinski definition) is 6. The van der Waals surface area contributed by atoms with Crippen molar-refractivity contribution in [2.24, 2.45) is 0 Å². The number of halogens is 3. The Morgan fingerprint density at radius 1 is 1.07 bits per heavy atom. The van der Waals surface area contributed by atoms with Gasteiger partial charge in [-0.15, -0.1) is 13.2 Å². The van der Waals surface area contributed by atoms with Crippen LogP contribution in [0.25, 0.3) is 0 Å². The smallest absolute Gasteiger partial charge is 0.406 e. The summed E-state index contributed by atoms with van der Waals surface area (Å²) in [5.41, 5.74) is 3.39. The van der Waals surface area contributed by atoms with E-state index in [9.17, 15) is 31.2 Å². The number of ether oxygens (including phenoxy) is 1. The Balaban J connectivity index is 1.25. The third kappa shape index (κ3) is 7.02. The minimum absolute atomic E-state index is 0.0411. The lowest BCUT2D eigenvalue weighted by molar-refractivity contribution is -0.274. The number of carbonyl (C=O) groups is 2. The van der Waals surface area contributed by atoms with Crippen LogP contribution in [0.1, 0.15) is 61.3 Å². The average Bonchev–Trinajstić information content (AvgIpc) is 2.88. The highest BCUT2D eigenvalue weighted by atomic mass is 32.2. The van der Waals surface area contributed by atoms with E-state index < -0.39 is 46.4 Å². The van der Waals surface area contributed by atoms with Gasteiger partial charge in [-0.2, -0.15) is 4.31 Å². The third-order valence-electron chi connectivity index (χ3n) is 7.88. The van der Waals surface area contributed by atoms with E-state index in [-0.39, 0.29) is 24.0 Å². The van der Waals surface area contributed by atoms with Crippen molar-refractivity contribution in [3.63, 3.8) is 0 Å². The van der Waals surface area contributed by atoms with Gasteiger partial charge in [0.1, 0.15) is 11.8 Å². The molecule has 0 radical (unpaired) electrons. The molecule has 1 heterocycles. The van der Waals surface area contributed by atoms with E-state index in [1.165, 1.54) is 30.4 Å². The lowest BCUT2D eigenvalue weighted by Crippen LogP contribution is -2.58. The molecule has 5 rings (SSSR count). The highest BCUT2D eigenvalue weighted by Crippen LogP contribution is 2.32. The second-order valence-corrected chi connectivity index (χ2v) is 12.6. The molecule has 9 nitrogen and oxygen atoms in total. The van der Waals surface area contributed by atoms with E-state index in [4.69, 9.17) is 0 Å². The number of sulfonamides is 1. The highest BCUT2D eigenvalue weighted by molar-refractivity contribution is 7.89. The number of carbonyl (C=O) groups excluding carboxylic acids is 2. The summed E-state index contributed by atoms with van der Waals surface area (Å²) in [7, 11) is -4.30. The number of fused-ring (bicyclic) bond motifs is 1. The largest absolute Gasteiger partial charge is 0.573 e. The van der Waals surface area contributed by atoms with Crippen molar-refractivity contribution in [1.82, 2.24) is 20.3 Å². The zero-order valence-corrected chi connectivity index (χ0v) is 23.2. The number of piperazine rings is 1. The number of amides is 2. The number of alkyl halides is 3. The fourth-order valence-corrected chi connectivity index (χ4v) is 7.14. The van der Waals surface area contributed by atoms with E-state index in [0.717, 1.165) is 59.9 Å². The normalized spacial score (nSPS) is 21.9. The molecule has 1 aliphatic heterocycles. The zero-order chi connectivity index (χ0) is 29.2. The highest BCUT2D eigenvalue weighted by Gasteiger charge is 2.40. The van der Waals surface area contributed by atoms with Crippen molar-refractivity contribution >= 4 is 21.8 Å². The van der Waals surface area contributed by atoms with Crippen LogP contribution in [0.3, 0.4) is 0 Å². The molecular weight excluding hydrogens is 561 g/mol. The van der Waals surface area contributed by atoms with E-state index in [2.05, 4.69) is 32.8 Å². The van der Waals surface area contributed by atoms with Gasteiger partial charge in [0.2, 0.25) is 21.8 Å². The van der Waals surface area contributed by atoms with Gasteiger partial charge in [-0.3, -0.25) is 9.59 Å². The van der Waals surface area contributed by atoms with E-state index in [1.807, 2.05) is 6.07 Å². The number of benzene rings is 2. The van der Waals surface area contributed by atoms with Gasteiger partial charge in [-0.1, -0.05) is 24.6 Å². The number of rotatable bonds is 9. The lowest BCUT2D eigenvalue weighted by atomic mass is 9.86. The molecule has 2 fully saturated rings. The minimum atomic E-state index is -4.92. The molecule has 0 unspecified atom stereocenters. The predicted octanol–water partition coefficient (Wildman–Crippen LogP) is 3.30. The first-order valence-electron chi connectivity index (χ1n) is 13.8. The van der Waals surface area contributed by atoms with Crippen LogP contribution in [-0.4, -0.2) is 56.1 Å². The van der Waals surface area contributed by atoms with Gasteiger partial charge in [0.25, 0.3) is 0 Å². The molecule has 2 aromatic carbocycles. The number of aryl methyl sites for hydroxylation is 1. The first-order chi connectivity index (χ1) is 19.5. The van der Waals surface area contributed by atoms with Crippen molar-refractivity contribution < 1.29 is 35.9 Å². The minimum Gasteiger partial charge on any atom is -0.406 e. The van der Waals surface area contributed by atoms with Gasteiger partial charge in [0.05, 0.1) is 17.4 Å². The number of hydrogen-bond donors (Lipinski definition) is 3. The summed E-state index contributed by atoms with van der Waals surface area (Å²) in [4.78, 5) is 25.6. The lowest BCUT2D eigenvalue weighted by Gasteiger charge is -2.34. The van der Waals surface area contributed by atoms with Crippen molar-refractivity contribution in [1.29, 1.82) is 0 Å². The summed E-state index contributed by atoms with van der Waals surface area (Å²) < 4.78 is 68.9. The molecule has 13 heteroatoms. The molecule has 3 aliphatic rings. The number of nitrogens with one attached hydrogen (secondary N) is 3. The molecule has 2 aromatic rings. The summed E-state index contributed by atoms with van der Waals surface area (Å²) in [6, 6.07) is 9.04. The van der Waals surface area contributed by atoms with Crippen LogP contribution >= 0.6 is 0 Å². The van der Waals surface area contributed by atoms with Crippen LogP contribution in [0.4, 0.5) is 13.2 Å². The molecule has 1 saturated heterocycles. The van der Waals surface area contributed by atoms with Crippen LogP contribution < -0.4 is 20.7 Å². The molecule has 41 heavy (non-hydrogen) atoms. The Kier molecular flexibility index (Phi) is 8.57. The monoisotopic (exact) mass is 594 g/mol. The topological polar surface area (TPSA) is 117 Å². The summed E-state index contributed by atoms with van der Waals surface area (Å²) in [6.07, 6.45) is 0.888. The van der Waals surface area contributed by atoms with Crippen molar-refractivity contribution in [2.75, 3.05) is 13.1 Å². The number of nitrogens with zero attached hydrogens (tertiary/aromatic N) is 1. The maximum absolute atomic E-state index is 13.4. The van der Waals surface area contributed by atoms with Crippen LogP contribution in [0.15, 0.2) is 47.4 Å². The Morgan fingerprint density at radius 3 is 2.51 bits per heavy atom. The molecule has 3 N–H and O–H groups in total. The maximum Gasteiger partial charge on any atom is 0.573 e. The Hall–Kier alpha value is -3.16. The molecule has 2 atom stereocenters. The standard InChI is InChI=1S/C28H33F3N4O5S/c29-28(30,31)40-21-8-10-22(11-9-21)41(38,39)35-14-13-32-27(37)25(35)16-26(36)34-24-6-1-3-19-15-18(7-12-23(19)24)17-33-20-4-2-5-20/h7-12,15,20,24-25,33H,1-6,13-14,16-17H2,(H,32,37)(H,34,36)/t24-,25-/m1/s1. The van der Waals surface area contributed by atoms with Crippen molar-refractivity contribution in [2.45, 2.75) is 80.9 Å². The summed E-state index contributed by atoms with van der Waals surface area (Å²) in [5.74, 6) is -1.65. The van der Waals surface area contributed by atoms with E-state index in [0.29, 0.717) is 6.04 Å². The molecule has 1 saturated carbocycles. The van der Waals surface area contributed by atoms with Crippen molar-refractivity contribution in [3.05, 3.63) is 59.2 Å². The van der Waals surface area contributed by atoms with E-state index in [1.54, 1.807) is 0 Å². The fraction of sp³-hybridized carbons (Fsp3) is 0.500. The molecule has 0 spiro atoms. The zero-order valence-electron chi connectivity index (χ0n) is 22.4. The molecule has 2 aliphatic carbocycles. The SMILES string of the molecule is O=C(C[C@@H]1C(=O)NCCN1S(=O)(=O)c1ccc(OC(F)(F)F)cc1)N[C@@H]1CCCc2cc(CNC3CCC3)ccc21. The Morgan fingerprint density at radius 2 is 1.83 bits per heavy atom. The fourth-order valence-electron chi connectivity index (χ4n) is 5.56. The maximum atomic E-state index is 13.4. The second kappa shape index (κ2) is 12.0. The third-order valence-corrected chi connectivity index (χ3v) is 9.80. The van der Waals surface area contributed by atoms with Crippen LogP contribution in [0.5, 0.6) is 5.75 Å². The Labute approximate surface area is 236 Å². The van der Waals surface area contributed by atoms with Crippen LogP contribution in [0, 0.1) is 0 Å². The van der Waals surface area contributed by atoms with Gasteiger partial charge in [-0.05, 0) is 73.1 Å².